The van der Waals surface area contributed by atoms with Crippen LogP contribution in [-0.2, 0) is 13.1 Å². The molecule has 0 spiro atoms. The molecule has 136 valence electrons. The van der Waals surface area contributed by atoms with Gasteiger partial charge in [-0.05, 0) is 43.7 Å². The number of carbonyl (C=O) groups is 2. The van der Waals surface area contributed by atoms with Crippen LogP contribution < -0.4 is 10.1 Å². The quantitative estimate of drug-likeness (QED) is 0.895. The Morgan fingerprint density at radius 1 is 1.23 bits per heavy atom. The van der Waals surface area contributed by atoms with E-state index < -0.39 is 11.7 Å². The van der Waals surface area contributed by atoms with Crippen LogP contribution >= 0.6 is 0 Å². The summed E-state index contributed by atoms with van der Waals surface area (Å²) < 4.78 is 19.9. The van der Waals surface area contributed by atoms with Crippen LogP contribution in [0.1, 0.15) is 45.7 Å². The van der Waals surface area contributed by atoms with Gasteiger partial charge in [-0.15, -0.1) is 0 Å². The molecular formula is C20H21FN2O3. The number of fused-ring (bicyclic) bond motifs is 1. The number of nitrogens with one attached hydrogen (secondary N) is 1. The Labute approximate surface area is 151 Å². The Morgan fingerprint density at radius 2 is 1.92 bits per heavy atom. The topological polar surface area (TPSA) is 58.6 Å². The third-order valence-corrected chi connectivity index (χ3v) is 4.31. The van der Waals surface area contributed by atoms with E-state index in [0.29, 0.717) is 12.1 Å². The lowest BCUT2D eigenvalue weighted by atomic mass is 10.0. The summed E-state index contributed by atoms with van der Waals surface area (Å²) in [6.07, 6.45) is 0. The Morgan fingerprint density at radius 3 is 2.54 bits per heavy atom. The number of rotatable bonds is 5. The molecule has 1 N–H and O–H groups in total. The maximum absolute atomic E-state index is 14.8. The summed E-state index contributed by atoms with van der Waals surface area (Å²) in [7, 11) is 1.59. The highest BCUT2D eigenvalue weighted by atomic mass is 19.1. The average molecular weight is 356 g/mol. The maximum atomic E-state index is 14.8. The molecule has 0 saturated heterocycles. The van der Waals surface area contributed by atoms with Gasteiger partial charge in [-0.25, -0.2) is 4.39 Å². The van der Waals surface area contributed by atoms with E-state index >= 15 is 0 Å². The third-order valence-electron chi connectivity index (χ3n) is 4.31. The molecule has 2 amide bonds. The normalized spacial score (nSPS) is 13.1. The lowest BCUT2D eigenvalue weighted by Crippen LogP contribution is -2.31. The van der Waals surface area contributed by atoms with Crippen LogP contribution in [0.15, 0.2) is 36.4 Å². The fourth-order valence-electron chi connectivity index (χ4n) is 3.00. The van der Waals surface area contributed by atoms with Crippen LogP contribution in [0.3, 0.4) is 0 Å². The number of hydrogen-bond acceptors (Lipinski definition) is 3. The predicted octanol–water partition coefficient (Wildman–Crippen LogP) is 3.13. The molecule has 1 aliphatic heterocycles. The SMILES string of the molecule is COc1ccc(CN2Cc3c(ccc(C(=O)NC(C)C)c3F)C2=O)cc1. The summed E-state index contributed by atoms with van der Waals surface area (Å²) in [5.41, 5.74) is 1.48. The van der Waals surface area contributed by atoms with Crippen molar-refractivity contribution in [2.75, 3.05) is 7.11 Å². The Bertz CT molecular complexity index is 847. The molecule has 0 unspecified atom stereocenters. The lowest BCUT2D eigenvalue weighted by molar-refractivity contribution is 0.0766. The van der Waals surface area contributed by atoms with Crippen LogP contribution in [0.25, 0.3) is 0 Å². The van der Waals surface area contributed by atoms with Crippen molar-refractivity contribution in [1.82, 2.24) is 10.2 Å². The van der Waals surface area contributed by atoms with Gasteiger partial charge in [0, 0.05) is 23.7 Å². The number of methoxy groups -OCH3 is 1. The van der Waals surface area contributed by atoms with Crippen molar-refractivity contribution < 1.29 is 18.7 Å². The zero-order valence-electron chi connectivity index (χ0n) is 15.0. The molecule has 0 aromatic heterocycles. The molecule has 0 fully saturated rings. The fourth-order valence-corrected chi connectivity index (χ4v) is 3.00. The molecule has 0 bridgehead atoms. The highest BCUT2D eigenvalue weighted by Gasteiger charge is 2.32. The molecular weight excluding hydrogens is 335 g/mol. The van der Waals surface area contributed by atoms with Gasteiger partial charge in [-0.1, -0.05) is 12.1 Å². The number of amides is 2. The molecule has 6 heteroatoms. The summed E-state index contributed by atoms with van der Waals surface area (Å²) in [5, 5.41) is 2.67. The molecule has 1 aliphatic rings. The number of hydrogen-bond donors (Lipinski definition) is 1. The summed E-state index contributed by atoms with van der Waals surface area (Å²) in [4.78, 5) is 26.3. The summed E-state index contributed by atoms with van der Waals surface area (Å²) >= 11 is 0. The van der Waals surface area contributed by atoms with Crippen molar-refractivity contribution in [2.24, 2.45) is 0 Å². The van der Waals surface area contributed by atoms with E-state index in [0.717, 1.165) is 11.3 Å². The van der Waals surface area contributed by atoms with E-state index in [1.165, 1.54) is 12.1 Å². The van der Waals surface area contributed by atoms with Crippen molar-refractivity contribution in [2.45, 2.75) is 33.0 Å². The second-order valence-electron chi connectivity index (χ2n) is 6.59. The predicted molar refractivity (Wildman–Crippen MR) is 95.6 cm³/mol. The van der Waals surface area contributed by atoms with E-state index in [-0.39, 0.29) is 29.6 Å². The van der Waals surface area contributed by atoms with Crippen molar-refractivity contribution in [3.8, 4) is 5.75 Å². The molecule has 2 aromatic rings. The first-order chi connectivity index (χ1) is 12.4. The molecule has 26 heavy (non-hydrogen) atoms. The molecule has 1 heterocycles. The van der Waals surface area contributed by atoms with Gasteiger partial charge in [0.2, 0.25) is 0 Å². The van der Waals surface area contributed by atoms with Crippen LogP contribution in [0, 0.1) is 5.82 Å². The van der Waals surface area contributed by atoms with Crippen LogP contribution in [0.4, 0.5) is 4.39 Å². The van der Waals surface area contributed by atoms with Gasteiger partial charge in [0.25, 0.3) is 11.8 Å². The van der Waals surface area contributed by atoms with Crippen molar-refractivity contribution in [3.63, 3.8) is 0 Å². The first-order valence-electron chi connectivity index (χ1n) is 8.45. The second kappa shape index (κ2) is 7.15. The highest BCUT2D eigenvalue weighted by molar-refractivity contribution is 6.01. The van der Waals surface area contributed by atoms with Gasteiger partial charge < -0.3 is 15.0 Å². The molecule has 3 rings (SSSR count). The molecule has 0 saturated carbocycles. The van der Waals surface area contributed by atoms with E-state index in [4.69, 9.17) is 4.74 Å². The van der Waals surface area contributed by atoms with E-state index in [2.05, 4.69) is 5.32 Å². The molecule has 2 aromatic carbocycles. The number of halogens is 1. The minimum absolute atomic E-state index is 0.0310. The lowest BCUT2D eigenvalue weighted by Gasteiger charge is -2.15. The Balaban J connectivity index is 1.81. The second-order valence-corrected chi connectivity index (χ2v) is 6.59. The maximum Gasteiger partial charge on any atom is 0.254 e. The fraction of sp³-hybridized carbons (Fsp3) is 0.300. The van der Waals surface area contributed by atoms with Gasteiger partial charge in [0.05, 0.1) is 19.2 Å². The molecule has 0 atom stereocenters. The summed E-state index contributed by atoms with van der Waals surface area (Å²) in [6.45, 7) is 4.13. The first kappa shape index (κ1) is 17.9. The zero-order valence-corrected chi connectivity index (χ0v) is 15.0. The standard InChI is InChI=1S/C20H21FN2O3/c1-12(2)22-19(24)16-9-8-15-17(18(16)21)11-23(20(15)25)10-13-4-6-14(26-3)7-5-13/h4-9,12H,10-11H2,1-3H3,(H,22,24). The largest absolute Gasteiger partial charge is 0.497 e. The van der Waals surface area contributed by atoms with Crippen molar-refractivity contribution >= 4 is 11.8 Å². The van der Waals surface area contributed by atoms with Crippen molar-refractivity contribution in [3.05, 3.63) is 64.5 Å². The third kappa shape index (κ3) is 3.40. The van der Waals surface area contributed by atoms with Gasteiger partial charge in [0.1, 0.15) is 11.6 Å². The van der Waals surface area contributed by atoms with Gasteiger partial charge in [-0.3, -0.25) is 9.59 Å². The zero-order chi connectivity index (χ0) is 18.8. The first-order valence-corrected chi connectivity index (χ1v) is 8.45. The molecule has 5 nitrogen and oxygen atoms in total. The number of carbonyl (C=O) groups excluding carboxylic acids is 2. The average Bonchev–Trinajstić information content (AvgIpc) is 2.92. The van der Waals surface area contributed by atoms with Crippen LogP contribution in [0.5, 0.6) is 5.75 Å². The Hall–Kier alpha value is -2.89. The minimum Gasteiger partial charge on any atom is -0.497 e. The van der Waals surface area contributed by atoms with Gasteiger partial charge in [0.15, 0.2) is 0 Å². The smallest absolute Gasteiger partial charge is 0.254 e. The van der Waals surface area contributed by atoms with E-state index in [1.807, 2.05) is 38.1 Å². The number of ether oxygens (including phenoxy) is 1. The number of nitrogens with zero attached hydrogens (tertiary/aromatic N) is 1. The molecule has 0 aliphatic carbocycles. The van der Waals surface area contributed by atoms with Crippen molar-refractivity contribution in [1.29, 1.82) is 0 Å². The highest BCUT2D eigenvalue weighted by Crippen LogP contribution is 2.29. The van der Waals surface area contributed by atoms with Gasteiger partial charge in [-0.2, -0.15) is 0 Å². The number of benzene rings is 2. The van der Waals surface area contributed by atoms with E-state index in [9.17, 15) is 14.0 Å². The monoisotopic (exact) mass is 356 g/mol. The summed E-state index contributed by atoms with van der Waals surface area (Å²) in [6, 6.07) is 10.2. The molecule has 0 radical (unpaired) electrons. The van der Waals surface area contributed by atoms with E-state index in [1.54, 1.807) is 12.0 Å². The minimum atomic E-state index is -0.619. The van der Waals surface area contributed by atoms with Gasteiger partial charge >= 0.3 is 0 Å². The summed E-state index contributed by atoms with van der Waals surface area (Å²) in [5.74, 6) is -0.588. The van der Waals surface area contributed by atoms with Crippen LogP contribution in [0.2, 0.25) is 0 Å². The Kier molecular flexibility index (Phi) is 4.93. The van der Waals surface area contributed by atoms with Crippen LogP contribution in [-0.4, -0.2) is 29.9 Å².